The molecular formula is C9H103O41Si42. The van der Waals surface area contributed by atoms with E-state index < -0.39 is 365 Å². The lowest BCUT2D eigenvalue weighted by molar-refractivity contribution is 0.295. The summed E-state index contributed by atoms with van der Waals surface area (Å²) in [5.41, 5.74) is 0. The van der Waals surface area contributed by atoms with Gasteiger partial charge in [-0.3, -0.25) is 0 Å². The van der Waals surface area contributed by atoms with E-state index in [0.29, 0.717) is 0 Å². The molecule has 0 aromatic heterocycles. The van der Waals surface area contributed by atoms with E-state index in [0.717, 1.165) is 13.1 Å². The van der Waals surface area contributed by atoms with Gasteiger partial charge in [-0.1, -0.05) is 0 Å². The van der Waals surface area contributed by atoms with E-state index in [1.54, 1.807) is 19.6 Å². The second-order valence-corrected chi connectivity index (χ2v) is 257. The summed E-state index contributed by atoms with van der Waals surface area (Å²) in [4.78, 5) is 326. The maximum Gasteiger partial charge on any atom is 0.338 e. The summed E-state index contributed by atoms with van der Waals surface area (Å²) in [6.07, 6.45) is 0. The molecular weight excluding hydrogens is 1940 g/mol. The molecule has 0 aliphatic heterocycles. The van der Waals surface area contributed by atoms with Crippen LogP contribution in [0, 0.1) is 0 Å². The van der Waals surface area contributed by atoms with Crippen LogP contribution >= 0.6 is 0 Å². The third kappa shape index (κ3) is 20.1. The Morgan fingerprint density at radius 2 is 0.630 bits per heavy atom. The zero-order valence-corrected chi connectivity index (χ0v) is 105. The standard InChI is InChI=1S/C9H103O41Si42/c1-75(2)44-81(61-20,62-21)47-83(85(64-23,65-24)38-53-12,86(66-25,67-26)39-54-13)50-84(46-79(8,9)45-78(5,6)7,91(87(68-27,69-28)40-55-14,88(70-29,71-30)41-56-15)49-82(63-22,37-52-11)76(3)34)92(89(72-31,73-32)42-57-16,48-80(59-18,60-19)36-51-10)90(74-33,43-58-17)77(4)35/h10-35,76-77H,51-74H2,1-9H3. The van der Waals surface area contributed by atoms with Gasteiger partial charge in [0.1, 0.15) is 0 Å². The van der Waals surface area contributed by atoms with E-state index in [9.17, 15) is 125 Å². The second-order valence-electron chi connectivity index (χ2n) is 22.3. The van der Waals surface area contributed by atoms with Crippen LogP contribution in [0.25, 0.3) is 0 Å². The van der Waals surface area contributed by atoms with Crippen LogP contribution in [0.5, 0.6) is 0 Å². The van der Waals surface area contributed by atoms with E-state index in [2.05, 4.69) is 0 Å². The van der Waals surface area contributed by atoms with E-state index in [4.69, 9.17) is 61.7 Å². The quantitative estimate of drug-likeness (QED) is 0.0251. The first kappa shape index (κ1) is 99.5. The summed E-state index contributed by atoms with van der Waals surface area (Å²) < 4.78 is 108. The maximum absolute atomic E-state index is 13.7. The van der Waals surface area contributed by atoms with Crippen molar-refractivity contribution >= 4 is 365 Å². The lowest BCUT2D eigenvalue weighted by Crippen LogP contribution is -3.14. The number of rotatable bonds is 56. The minimum absolute atomic E-state index is 1.09. The van der Waals surface area contributed by atoms with Crippen molar-refractivity contribution in [3.63, 3.8) is 0 Å². The maximum atomic E-state index is 13.7. The molecule has 0 spiro atoms. The molecule has 1 radical (unpaired) electrons. The molecule has 26 N–H and O–H groups in total. The van der Waals surface area contributed by atoms with Gasteiger partial charge in [-0.25, -0.2) is 0 Å². The summed E-state index contributed by atoms with van der Waals surface area (Å²) in [6.45, 7) is -37.2. The molecule has 0 aliphatic carbocycles. The first-order valence-corrected chi connectivity index (χ1v) is 133. The lowest BCUT2D eigenvalue weighted by Gasteiger charge is -2.71. The zero-order valence-electron chi connectivity index (χ0n) is 52.9. The van der Waals surface area contributed by atoms with Crippen LogP contribution in [-0.2, 0) is 61.7 Å². The molecule has 0 heterocycles. The monoisotopic (exact) mass is 2040 g/mol. The topological polar surface area (TPSA) is 664 Å². The fourth-order valence-electron chi connectivity index (χ4n) is 11.3. The van der Waals surface area contributed by atoms with Gasteiger partial charge in [-0.05, 0) is 58.9 Å². The zero-order chi connectivity index (χ0) is 71.8. The Labute approximate surface area is 603 Å². The van der Waals surface area contributed by atoms with Crippen molar-refractivity contribution in [1.82, 2.24) is 0 Å². The van der Waals surface area contributed by atoms with Gasteiger partial charge in [-0.15, -0.1) is 0 Å². The first-order valence-electron chi connectivity index (χ1n) is 27.8. The minimum atomic E-state index is -7.70. The van der Waals surface area contributed by atoms with Crippen molar-refractivity contribution in [3.8, 4) is 0 Å². The summed E-state index contributed by atoms with van der Waals surface area (Å²) in [5, 5.41) is 0. The van der Waals surface area contributed by atoms with Gasteiger partial charge in [0.2, 0.25) is 82.4 Å². The third-order valence-corrected chi connectivity index (χ3v) is 440. The van der Waals surface area contributed by atoms with Crippen molar-refractivity contribution < 1.29 is 186 Å². The lowest BCUT2D eigenvalue weighted by atomic mass is 11.8. The molecule has 92 heavy (non-hydrogen) atoms. The molecule has 0 saturated heterocycles. The summed E-state index contributed by atoms with van der Waals surface area (Å²) in [7, 11) is -134. The van der Waals surface area contributed by atoms with E-state index in [1.165, 1.54) is 26.2 Å². The third-order valence-electron chi connectivity index (χ3n) is 15.2. The Morgan fingerprint density at radius 1 is 0.293 bits per heavy atom. The van der Waals surface area contributed by atoms with Crippen LogP contribution in [0.15, 0.2) is 0 Å². The highest BCUT2D eigenvalue weighted by Gasteiger charge is 3.00. The van der Waals surface area contributed by atoms with Crippen molar-refractivity contribution in [2.75, 3.05) is 0 Å². The average Bonchev–Trinajstić information content (AvgIpc) is 0.639. The van der Waals surface area contributed by atoms with Gasteiger partial charge in [0.25, 0.3) is 108 Å². The molecule has 41 nitrogen and oxygen atoms in total. The summed E-state index contributed by atoms with van der Waals surface area (Å²) >= 11 is 0. The second kappa shape index (κ2) is 44.2. The molecule has 0 bridgehead atoms. The molecule has 0 amide bonds. The molecule has 0 aromatic rings. The Hall–Kier alpha value is 7.47. The van der Waals surface area contributed by atoms with Crippen molar-refractivity contribution in [2.45, 2.75) is 58.9 Å². The Morgan fingerprint density at radius 3 is 0.891 bits per heavy atom. The Bertz CT molecular complexity index is 1980. The molecule has 0 aliphatic rings. The van der Waals surface area contributed by atoms with Gasteiger partial charge in [0, 0.05) is 0 Å². The molecule has 83 heteroatoms. The molecule has 0 saturated carbocycles. The van der Waals surface area contributed by atoms with Crippen molar-refractivity contribution in [2.24, 2.45) is 0 Å². The van der Waals surface area contributed by atoms with Crippen LogP contribution < -0.4 is 0 Å². The smallest absolute Gasteiger partial charge is 0.338 e. The predicted octanol–water partition coefficient (Wildman–Crippen LogP) is -39.6. The molecule has 0 rings (SSSR count). The van der Waals surface area contributed by atoms with Gasteiger partial charge >= 0.3 is 46.5 Å². The highest BCUT2D eigenvalue weighted by atomic mass is 30.5. The highest BCUT2D eigenvalue weighted by molar-refractivity contribution is 8.24. The summed E-state index contributed by atoms with van der Waals surface area (Å²) in [5.74, 6) is 0. The Balaban J connectivity index is 14.6. The van der Waals surface area contributed by atoms with E-state index in [-0.39, 0.29) is 0 Å². The van der Waals surface area contributed by atoms with Gasteiger partial charge < -0.3 is 186 Å². The largest absolute Gasteiger partial charge is 0.441 e. The van der Waals surface area contributed by atoms with E-state index >= 15 is 0 Å². The molecule has 6 unspecified atom stereocenters. The van der Waals surface area contributed by atoms with Gasteiger partial charge in [0.05, 0.1) is 0 Å². The van der Waals surface area contributed by atoms with Crippen LogP contribution in [0.1, 0.15) is 0 Å². The predicted molar refractivity (Wildman–Crippen MR) is 438 cm³/mol. The van der Waals surface area contributed by atoms with Crippen LogP contribution in [0.3, 0.4) is 0 Å². The highest BCUT2D eigenvalue weighted by Crippen LogP contribution is 2.54. The van der Waals surface area contributed by atoms with E-state index in [1.807, 2.05) is 0 Å². The number of hydrogen-bond donors (Lipinski definition) is 26. The van der Waals surface area contributed by atoms with Gasteiger partial charge in [-0.2, -0.15) is 0 Å². The molecule has 553 valence electrons. The Kier molecular flexibility index (Phi) is 47.8. The number of hydrogen-bond acceptors (Lipinski definition) is 41. The molecule has 0 fully saturated rings. The van der Waals surface area contributed by atoms with Crippen LogP contribution in [0.4, 0.5) is 0 Å². The van der Waals surface area contributed by atoms with Crippen LogP contribution in [0.2, 0.25) is 58.9 Å². The normalized spacial score (nSPS) is 25.4. The fraction of sp³-hybridized carbons (Fsp3) is 1.00. The van der Waals surface area contributed by atoms with Gasteiger partial charge in [0.15, 0.2) is 128 Å². The molecule has 6 atom stereocenters. The van der Waals surface area contributed by atoms with Crippen molar-refractivity contribution in [1.29, 1.82) is 0 Å². The van der Waals surface area contributed by atoms with Crippen LogP contribution in [-0.4, -0.2) is 489 Å². The van der Waals surface area contributed by atoms with Crippen molar-refractivity contribution in [3.05, 3.63) is 0 Å². The average molecular weight is 2050 g/mol. The minimum Gasteiger partial charge on any atom is -0.441 e. The SMILES string of the molecule is C[Si](C)O[Si](O[Si](O[Si](O[Si](C)(C)O[Si](C)(C)C)([Si](O[Si](O[SiH2]O)([SiH2]O)[SiH](C)O)([Si](O[SiH2]O)([SiH2]O)[SiH2]O)[Si](O[SiH2]O)([SiH2]O)[SiH2]O)[Si](O[Si](O[SiH2]O)([SiH2]O)[SiH2]O)([Si](O[SiH2]O)([SiH2]O)[SiH2]O)[Si](O[SiH2]O)([SiH2]O)[SiH](C)O)([Si](O[SiH2]O)([SiH2]O)[SiH2]O)[Si](O[SiH2]O)([SiH2]O)[SiH2]O)([SiH2]O)[SiH2]O. The summed E-state index contributed by atoms with van der Waals surface area (Å²) in [6, 6.07) is 0. The fourth-order valence-corrected chi connectivity index (χ4v) is 758. The molecule has 0 aromatic carbocycles. The first-order chi connectivity index (χ1) is 43.0.